The molecule has 0 aliphatic carbocycles. The van der Waals surface area contributed by atoms with Gasteiger partial charge in [0.2, 0.25) is 5.91 Å². The van der Waals surface area contributed by atoms with Gasteiger partial charge in [0.05, 0.1) is 22.4 Å². The van der Waals surface area contributed by atoms with E-state index in [1.807, 2.05) is 13.8 Å². The van der Waals surface area contributed by atoms with Gasteiger partial charge in [-0.2, -0.15) is 5.10 Å². The summed E-state index contributed by atoms with van der Waals surface area (Å²) in [7, 11) is 0. The topological polar surface area (TPSA) is 46.9 Å². The van der Waals surface area contributed by atoms with E-state index in [4.69, 9.17) is 6.42 Å². The lowest BCUT2D eigenvalue weighted by Crippen LogP contribution is -2.28. The minimum Gasteiger partial charge on any atom is -0.344 e. The van der Waals surface area contributed by atoms with Crippen molar-refractivity contribution in [3.05, 3.63) is 15.9 Å². The van der Waals surface area contributed by atoms with Crippen molar-refractivity contribution >= 4 is 21.8 Å². The molecule has 0 radical (unpaired) electrons. The molecule has 0 unspecified atom stereocenters. The van der Waals surface area contributed by atoms with E-state index in [1.165, 1.54) is 0 Å². The first-order valence-corrected chi connectivity index (χ1v) is 5.25. The first kappa shape index (κ1) is 11.8. The molecule has 80 valence electrons. The zero-order valence-electron chi connectivity index (χ0n) is 8.67. The Bertz CT molecular complexity index is 417. The van der Waals surface area contributed by atoms with Gasteiger partial charge in [0, 0.05) is 0 Å². The van der Waals surface area contributed by atoms with Crippen LogP contribution in [0.1, 0.15) is 11.4 Å². The zero-order chi connectivity index (χ0) is 11.4. The number of rotatable bonds is 3. The molecule has 1 heterocycles. The summed E-state index contributed by atoms with van der Waals surface area (Å²) in [6, 6.07) is 0. The lowest BCUT2D eigenvalue weighted by atomic mass is 10.4. The quantitative estimate of drug-likeness (QED) is 0.833. The Labute approximate surface area is 97.2 Å². The first-order valence-electron chi connectivity index (χ1n) is 4.46. The van der Waals surface area contributed by atoms with Gasteiger partial charge in [-0.25, -0.2) is 0 Å². The highest BCUT2D eigenvalue weighted by atomic mass is 79.9. The van der Waals surface area contributed by atoms with Gasteiger partial charge in [-0.15, -0.1) is 6.42 Å². The number of aryl methyl sites for hydroxylation is 1. The molecule has 0 saturated carbocycles. The summed E-state index contributed by atoms with van der Waals surface area (Å²) < 4.78 is 2.58. The summed E-state index contributed by atoms with van der Waals surface area (Å²) in [6.45, 7) is 4.23. The van der Waals surface area contributed by atoms with E-state index in [9.17, 15) is 4.79 Å². The van der Waals surface area contributed by atoms with Crippen LogP contribution < -0.4 is 5.32 Å². The molecule has 1 aromatic heterocycles. The standard InChI is InChI=1S/C10H12BrN3O/c1-4-5-12-9(15)6-14-8(3)10(11)7(2)13-14/h1H,5-6H2,2-3H3,(H,12,15). The minimum absolute atomic E-state index is 0.133. The number of nitrogens with one attached hydrogen (secondary N) is 1. The Kier molecular flexibility index (Phi) is 3.92. The van der Waals surface area contributed by atoms with Crippen molar-refractivity contribution in [2.24, 2.45) is 0 Å². The van der Waals surface area contributed by atoms with E-state index in [-0.39, 0.29) is 19.0 Å². The molecule has 0 atom stereocenters. The Morgan fingerprint density at radius 2 is 2.33 bits per heavy atom. The molecule has 15 heavy (non-hydrogen) atoms. The fourth-order valence-corrected chi connectivity index (χ4v) is 1.45. The maximum atomic E-state index is 11.4. The predicted octanol–water partition coefficient (Wildman–Crippen LogP) is 1.01. The number of amides is 1. The third-order valence-corrected chi connectivity index (χ3v) is 3.12. The third kappa shape index (κ3) is 2.83. The average molecular weight is 270 g/mol. The van der Waals surface area contributed by atoms with E-state index >= 15 is 0 Å². The molecule has 1 N–H and O–H groups in total. The van der Waals surface area contributed by atoms with E-state index in [0.29, 0.717) is 0 Å². The Balaban J connectivity index is 2.69. The maximum absolute atomic E-state index is 11.4. The highest BCUT2D eigenvalue weighted by molar-refractivity contribution is 9.10. The van der Waals surface area contributed by atoms with Crippen LogP contribution in [0.5, 0.6) is 0 Å². The van der Waals surface area contributed by atoms with E-state index in [2.05, 4.69) is 32.3 Å². The number of carbonyl (C=O) groups is 1. The van der Waals surface area contributed by atoms with Crippen molar-refractivity contribution in [2.45, 2.75) is 20.4 Å². The van der Waals surface area contributed by atoms with Crippen LogP contribution in [0.4, 0.5) is 0 Å². The fourth-order valence-electron chi connectivity index (χ4n) is 1.17. The summed E-state index contributed by atoms with van der Waals surface area (Å²) in [5, 5.41) is 6.80. The molecule has 0 aliphatic rings. The summed E-state index contributed by atoms with van der Waals surface area (Å²) in [6.07, 6.45) is 5.03. The lowest BCUT2D eigenvalue weighted by Gasteiger charge is -2.03. The minimum atomic E-state index is -0.133. The summed E-state index contributed by atoms with van der Waals surface area (Å²) in [5.74, 6) is 2.21. The van der Waals surface area contributed by atoms with Gasteiger partial charge in [0.25, 0.3) is 0 Å². The van der Waals surface area contributed by atoms with Crippen molar-refractivity contribution in [1.29, 1.82) is 0 Å². The molecule has 0 spiro atoms. The smallest absolute Gasteiger partial charge is 0.242 e. The van der Waals surface area contributed by atoms with Crippen molar-refractivity contribution in [3.8, 4) is 12.3 Å². The van der Waals surface area contributed by atoms with Crippen molar-refractivity contribution in [2.75, 3.05) is 6.54 Å². The van der Waals surface area contributed by atoms with Gasteiger partial charge in [-0.3, -0.25) is 9.48 Å². The molecule has 5 heteroatoms. The molecule has 1 amide bonds. The second-order valence-corrected chi connectivity index (χ2v) is 3.92. The van der Waals surface area contributed by atoms with Crippen molar-refractivity contribution in [3.63, 3.8) is 0 Å². The van der Waals surface area contributed by atoms with Crippen LogP contribution in [0.25, 0.3) is 0 Å². The molecule has 0 aliphatic heterocycles. The SMILES string of the molecule is C#CCNC(=O)Cn1nc(C)c(Br)c1C. The van der Waals surface area contributed by atoms with Gasteiger partial charge in [-0.05, 0) is 29.8 Å². The van der Waals surface area contributed by atoms with Crippen molar-refractivity contribution in [1.82, 2.24) is 15.1 Å². The van der Waals surface area contributed by atoms with Crippen LogP contribution in [0, 0.1) is 26.2 Å². The molecule has 0 saturated heterocycles. The number of hydrogen-bond donors (Lipinski definition) is 1. The number of carbonyl (C=O) groups excluding carboxylic acids is 1. The van der Waals surface area contributed by atoms with E-state index < -0.39 is 0 Å². The molecule has 0 aromatic carbocycles. The Morgan fingerprint density at radius 3 is 2.80 bits per heavy atom. The Morgan fingerprint density at radius 1 is 1.67 bits per heavy atom. The van der Waals surface area contributed by atoms with Gasteiger partial charge >= 0.3 is 0 Å². The van der Waals surface area contributed by atoms with Crippen LogP contribution in [0.3, 0.4) is 0 Å². The normalized spacial score (nSPS) is 9.73. The maximum Gasteiger partial charge on any atom is 0.242 e. The number of terminal acetylenes is 1. The van der Waals surface area contributed by atoms with Crippen LogP contribution in [0.2, 0.25) is 0 Å². The Hall–Kier alpha value is -1.28. The number of aromatic nitrogens is 2. The molecule has 4 nitrogen and oxygen atoms in total. The molecule has 0 bridgehead atoms. The fraction of sp³-hybridized carbons (Fsp3) is 0.400. The molecule has 1 rings (SSSR count). The largest absolute Gasteiger partial charge is 0.344 e. The van der Waals surface area contributed by atoms with E-state index in [0.717, 1.165) is 15.9 Å². The molecule has 1 aromatic rings. The van der Waals surface area contributed by atoms with Crippen LogP contribution in [-0.2, 0) is 11.3 Å². The zero-order valence-corrected chi connectivity index (χ0v) is 10.3. The third-order valence-electron chi connectivity index (χ3n) is 1.97. The molecular weight excluding hydrogens is 258 g/mol. The lowest BCUT2D eigenvalue weighted by molar-refractivity contribution is -0.121. The van der Waals surface area contributed by atoms with Crippen molar-refractivity contribution < 1.29 is 4.79 Å². The number of nitrogens with zero attached hydrogens (tertiary/aromatic N) is 2. The van der Waals surface area contributed by atoms with Crippen LogP contribution >= 0.6 is 15.9 Å². The highest BCUT2D eigenvalue weighted by Gasteiger charge is 2.10. The van der Waals surface area contributed by atoms with E-state index in [1.54, 1.807) is 4.68 Å². The van der Waals surface area contributed by atoms with Gasteiger partial charge in [0.15, 0.2) is 0 Å². The second-order valence-electron chi connectivity index (χ2n) is 3.12. The van der Waals surface area contributed by atoms with Gasteiger partial charge in [-0.1, -0.05) is 5.92 Å². The first-order chi connectivity index (χ1) is 7.06. The summed E-state index contributed by atoms with van der Waals surface area (Å²) >= 11 is 3.40. The van der Waals surface area contributed by atoms with Crippen LogP contribution in [0.15, 0.2) is 4.47 Å². The molecular formula is C10H12BrN3O. The monoisotopic (exact) mass is 269 g/mol. The molecule has 0 fully saturated rings. The second kappa shape index (κ2) is 4.99. The highest BCUT2D eigenvalue weighted by Crippen LogP contribution is 2.19. The number of hydrogen-bond acceptors (Lipinski definition) is 2. The summed E-state index contributed by atoms with van der Waals surface area (Å²) in [5.41, 5.74) is 1.81. The van der Waals surface area contributed by atoms with Gasteiger partial charge < -0.3 is 5.32 Å². The number of halogens is 1. The predicted molar refractivity (Wildman–Crippen MR) is 61.2 cm³/mol. The van der Waals surface area contributed by atoms with Gasteiger partial charge in [0.1, 0.15) is 6.54 Å². The summed E-state index contributed by atoms with van der Waals surface area (Å²) in [4.78, 5) is 11.4. The van der Waals surface area contributed by atoms with Crippen LogP contribution in [-0.4, -0.2) is 22.2 Å². The average Bonchev–Trinajstić information content (AvgIpc) is 2.43.